The van der Waals surface area contributed by atoms with E-state index in [1.54, 1.807) is 13.0 Å². The van der Waals surface area contributed by atoms with Gasteiger partial charge in [-0.3, -0.25) is 4.79 Å². The van der Waals surface area contributed by atoms with Crippen LogP contribution < -0.4 is 0 Å². The number of nitrogens with zero attached hydrogens (tertiary/aromatic N) is 2. The first-order valence-electron chi connectivity index (χ1n) is 6.96. The van der Waals surface area contributed by atoms with Crippen molar-refractivity contribution in [2.45, 2.75) is 32.7 Å². The Morgan fingerprint density at radius 1 is 1.35 bits per heavy atom. The second-order valence-corrected chi connectivity index (χ2v) is 5.34. The second kappa shape index (κ2) is 5.12. The van der Waals surface area contributed by atoms with Gasteiger partial charge in [-0.05, 0) is 37.8 Å². The molecule has 0 radical (unpaired) electrons. The van der Waals surface area contributed by atoms with Crippen molar-refractivity contribution in [1.29, 1.82) is 0 Å². The Morgan fingerprint density at radius 3 is 2.85 bits per heavy atom. The summed E-state index contributed by atoms with van der Waals surface area (Å²) in [7, 11) is 0. The minimum Gasteiger partial charge on any atom is -0.361 e. The van der Waals surface area contributed by atoms with E-state index in [1.807, 2.05) is 17.0 Å². The zero-order valence-electron chi connectivity index (χ0n) is 11.8. The van der Waals surface area contributed by atoms with Gasteiger partial charge < -0.3 is 9.42 Å². The minimum absolute atomic E-state index is 0.0346. The highest BCUT2D eigenvalue weighted by Crippen LogP contribution is 2.34. The van der Waals surface area contributed by atoms with E-state index in [2.05, 4.69) is 24.2 Å². The number of rotatable bonds is 2. The number of likely N-dealkylation sites (tertiary alicyclic amines) is 1. The van der Waals surface area contributed by atoms with Crippen molar-refractivity contribution in [1.82, 2.24) is 10.1 Å². The lowest BCUT2D eigenvalue weighted by atomic mass is 9.99. The standard InChI is InChI=1S/C16H18N2O2/c1-11-6-3-4-7-13(11)15-8-5-9-18(15)16(19)14-10-12(2)20-17-14/h3-4,6-7,10,15H,5,8-9H2,1-2H3. The van der Waals surface area contributed by atoms with Crippen molar-refractivity contribution in [2.24, 2.45) is 0 Å². The Morgan fingerprint density at radius 2 is 2.15 bits per heavy atom. The highest BCUT2D eigenvalue weighted by atomic mass is 16.5. The van der Waals surface area contributed by atoms with Crippen LogP contribution >= 0.6 is 0 Å². The number of aromatic nitrogens is 1. The Kier molecular flexibility index (Phi) is 3.30. The summed E-state index contributed by atoms with van der Waals surface area (Å²) in [5, 5.41) is 3.84. The van der Waals surface area contributed by atoms with Gasteiger partial charge in [-0.1, -0.05) is 29.4 Å². The van der Waals surface area contributed by atoms with E-state index >= 15 is 0 Å². The molecule has 1 saturated heterocycles. The van der Waals surface area contributed by atoms with Gasteiger partial charge in [0.15, 0.2) is 5.69 Å². The van der Waals surface area contributed by atoms with Crippen molar-refractivity contribution < 1.29 is 9.32 Å². The second-order valence-electron chi connectivity index (χ2n) is 5.34. The van der Waals surface area contributed by atoms with E-state index in [-0.39, 0.29) is 11.9 Å². The first-order valence-corrected chi connectivity index (χ1v) is 6.96. The van der Waals surface area contributed by atoms with Gasteiger partial charge in [-0.15, -0.1) is 0 Å². The molecule has 104 valence electrons. The van der Waals surface area contributed by atoms with Crippen LogP contribution in [-0.2, 0) is 0 Å². The van der Waals surface area contributed by atoms with E-state index in [1.165, 1.54) is 11.1 Å². The third-order valence-corrected chi connectivity index (χ3v) is 3.91. The fourth-order valence-electron chi connectivity index (χ4n) is 2.91. The highest BCUT2D eigenvalue weighted by molar-refractivity contribution is 5.92. The average Bonchev–Trinajstić information content (AvgIpc) is 3.07. The topological polar surface area (TPSA) is 46.3 Å². The largest absolute Gasteiger partial charge is 0.361 e. The third kappa shape index (κ3) is 2.22. The van der Waals surface area contributed by atoms with Gasteiger partial charge in [-0.2, -0.15) is 0 Å². The Bertz CT molecular complexity index is 633. The Labute approximate surface area is 118 Å². The molecule has 2 heterocycles. The molecular weight excluding hydrogens is 252 g/mol. The van der Waals surface area contributed by atoms with E-state index in [0.29, 0.717) is 11.5 Å². The summed E-state index contributed by atoms with van der Waals surface area (Å²) in [6, 6.07) is 10.1. The van der Waals surface area contributed by atoms with Crippen LogP contribution in [-0.4, -0.2) is 22.5 Å². The zero-order chi connectivity index (χ0) is 14.1. The van der Waals surface area contributed by atoms with Gasteiger partial charge >= 0.3 is 0 Å². The molecule has 1 aromatic carbocycles. The first kappa shape index (κ1) is 12.9. The summed E-state index contributed by atoms with van der Waals surface area (Å²) in [6.07, 6.45) is 2.04. The van der Waals surface area contributed by atoms with Crippen LogP contribution in [0.2, 0.25) is 0 Å². The van der Waals surface area contributed by atoms with Crippen molar-refractivity contribution in [3.8, 4) is 0 Å². The molecule has 4 nitrogen and oxygen atoms in total. The number of benzene rings is 1. The molecule has 0 saturated carbocycles. The summed E-state index contributed by atoms with van der Waals surface area (Å²) in [5.74, 6) is 0.632. The fourth-order valence-corrected chi connectivity index (χ4v) is 2.91. The van der Waals surface area contributed by atoms with Crippen LogP contribution in [0.5, 0.6) is 0 Å². The summed E-state index contributed by atoms with van der Waals surface area (Å²) in [4.78, 5) is 14.5. The van der Waals surface area contributed by atoms with Gasteiger partial charge in [0.05, 0.1) is 6.04 Å². The predicted molar refractivity (Wildman–Crippen MR) is 75.4 cm³/mol. The van der Waals surface area contributed by atoms with Gasteiger partial charge in [-0.25, -0.2) is 0 Å². The van der Waals surface area contributed by atoms with E-state index in [0.717, 1.165) is 19.4 Å². The molecule has 1 aromatic heterocycles. The van der Waals surface area contributed by atoms with Crippen LogP contribution in [0.1, 0.15) is 46.3 Å². The van der Waals surface area contributed by atoms with Crippen LogP contribution in [0.25, 0.3) is 0 Å². The maximum Gasteiger partial charge on any atom is 0.276 e. The molecule has 1 aliphatic heterocycles. The molecular formula is C16H18N2O2. The molecule has 1 amide bonds. The van der Waals surface area contributed by atoms with E-state index in [9.17, 15) is 4.79 Å². The summed E-state index contributed by atoms with van der Waals surface area (Å²) >= 11 is 0. The molecule has 0 N–H and O–H groups in total. The first-order chi connectivity index (χ1) is 9.66. The number of hydrogen-bond acceptors (Lipinski definition) is 3. The smallest absolute Gasteiger partial charge is 0.276 e. The molecule has 0 bridgehead atoms. The quantitative estimate of drug-likeness (QED) is 0.841. The zero-order valence-corrected chi connectivity index (χ0v) is 11.8. The van der Waals surface area contributed by atoms with Crippen molar-refractivity contribution >= 4 is 5.91 Å². The number of carbonyl (C=O) groups excluding carboxylic acids is 1. The molecule has 1 fully saturated rings. The molecule has 1 aliphatic rings. The lowest BCUT2D eigenvalue weighted by Crippen LogP contribution is -2.31. The van der Waals surface area contributed by atoms with Crippen LogP contribution in [0.3, 0.4) is 0 Å². The van der Waals surface area contributed by atoms with Crippen LogP contribution in [0.15, 0.2) is 34.9 Å². The molecule has 4 heteroatoms. The monoisotopic (exact) mass is 270 g/mol. The van der Waals surface area contributed by atoms with Gasteiger partial charge in [0.25, 0.3) is 5.91 Å². The minimum atomic E-state index is -0.0346. The Balaban J connectivity index is 1.90. The summed E-state index contributed by atoms with van der Waals surface area (Å²) in [6.45, 7) is 4.67. The van der Waals surface area contributed by atoms with Gasteiger partial charge in [0.2, 0.25) is 0 Å². The lowest BCUT2D eigenvalue weighted by Gasteiger charge is -2.25. The van der Waals surface area contributed by atoms with E-state index < -0.39 is 0 Å². The summed E-state index contributed by atoms with van der Waals surface area (Å²) < 4.78 is 5.01. The normalized spacial score (nSPS) is 18.5. The molecule has 2 aromatic rings. The van der Waals surface area contributed by atoms with Crippen molar-refractivity contribution in [3.63, 3.8) is 0 Å². The number of aryl methyl sites for hydroxylation is 2. The number of carbonyl (C=O) groups is 1. The van der Waals surface area contributed by atoms with Gasteiger partial charge in [0.1, 0.15) is 5.76 Å². The number of amides is 1. The van der Waals surface area contributed by atoms with Crippen LogP contribution in [0.4, 0.5) is 0 Å². The molecule has 20 heavy (non-hydrogen) atoms. The lowest BCUT2D eigenvalue weighted by molar-refractivity contribution is 0.0725. The molecule has 3 rings (SSSR count). The average molecular weight is 270 g/mol. The maximum absolute atomic E-state index is 12.6. The highest BCUT2D eigenvalue weighted by Gasteiger charge is 2.32. The van der Waals surface area contributed by atoms with Crippen molar-refractivity contribution in [3.05, 3.63) is 52.9 Å². The fraction of sp³-hybridized carbons (Fsp3) is 0.375. The van der Waals surface area contributed by atoms with Gasteiger partial charge in [0, 0.05) is 12.6 Å². The molecule has 0 aliphatic carbocycles. The van der Waals surface area contributed by atoms with Crippen molar-refractivity contribution in [2.75, 3.05) is 6.54 Å². The predicted octanol–water partition coefficient (Wildman–Crippen LogP) is 3.27. The maximum atomic E-state index is 12.6. The third-order valence-electron chi connectivity index (χ3n) is 3.91. The Hall–Kier alpha value is -2.10. The summed E-state index contributed by atoms with van der Waals surface area (Å²) in [5.41, 5.74) is 2.87. The number of hydrogen-bond donors (Lipinski definition) is 0. The molecule has 1 unspecified atom stereocenters. The SMILES string of the molecule is Cc1cc(C(=O)N2CCCC2c2ccccc2C)no1. The molecule has 0 spiro atoms. The van der Waals surface area contributed by atoms with Crippen LogP contribution in [0, 0.1) is 13.8 Å². The molecule has 1 atom stereocenters. The van der Waals surface area contributed by atoms with E-state index in [4.69, 9.17) is 4.52 Å².